The molecule has 0 heterocycles. The zero-order valence-corrected chi connectivity index (χ0v) is 13.2. The number of rotatable bonds is 9. The summed E-state index contributed by atoms with van der Waals surface area (Å²) in [5, 5.41) is 2.87. The predicted molar refractivity (Wildman–Crippen MR) is 75.3 cm³/mol. The van der Waals surface area contributed by atoms with Crippen molar-refractivity contribution in [3.8, 4) is 0 Å². The number of nitrogens with one attached hydrogen (secondary N) is 1. The van der Waals surface area contributed by atoms with E-state index in [4.69, 9.17) is 4.55 Å². The molecule has 0 radical (unpaired) electrons. The van der Waals surface area contributed by atoms with Crippen LogP contribution in [-0.4, -0.2) is 62.8 Å². The molecule has 19 heavy (non-hydrogen) atoms. The van der Waals surface area contributed by atoms with Crippen molar-refractivity contribution in [3.63, 3.8) is 0 Å². The van der Waals surface area contributed by atoms with E-state index in [1.54, 1.807) is 0 Å². The maximum absolute atomic E-state index is 11.6. The van der Waals surface area contributed by atoms with Crippen molar-refractivity contribution in [2.45, 2.75) is 26.7 Å². The van der Waals surface area contributed by atoms with Crippen LogP contribution in [0.25, 0.3) is 0 Å². The van der Waals surface area contributed by atoms with Crippen LogP contribution in [0.2, 0.25) is 0 Å². The highest BCUT2D eigenvalue weighted by Gasteiger charge is 2.17. The molecule has 0 aliphatic heterocycles. The summed E-state index contributed by atoms with van der Waals surface area (Å²) in [5.74, 6) is -0.135. The second-order valence-electron chi connectivity index (χ2n) is 5.62. The Bertz CT molecular complexity index is 379. The van der Waals surface area contributed by atoms with E-state index in [-0.39, 0.29) is 17.6 Å². The highest BCUT2D eigenvalue weighted by molar-refractivity contribution is 7.85. The maximum Gasteiger partial charge on any atom is 0.265 e. The molecule has 0 aliphatic rings. The number of hydrogen-bond donors (Lipinski definition) is 2. The fourth-order valence-corrected chi connectivity index (χ4v) is 2.12. The summed E-state index contributed by atoms with van der Waals surface area (Å²) < 4.78 is 30.5. The van der Waals surface area contributed by atoms with Crippen LogP contribution in [0.3, 0.4) is 0 Å². The minimum Gasteiger partial charge on any atom is -0.350 e. The quantitative estimate of drug-likeness (QED) is 0.479. The average molecular weight is 295 g/mol. The maximum atomic E-state index is 11.6. The van der Waals surface area contributed by atoms with Crippen molar-refractivity contribution in [2.24, 2.45) is 5.92 Å². The molecule has 0 rings (SSSR count). The summed E-state index contributed by atoms with van der Waals surface area (Å²) in [6, 6.07) is 0. The molecular weight excluding hydrogens is 268 g/mol. The van der Waals surface area contributed by atoms with E-state index < -0.39 is 10.1 Å². The minimum absolute atomic E-state index is 0.0233. The molecule has 0 fully saturated rings. The molecule has 1 atom stereocenters. The van der Waals surface area contributed by atoms with Crippen LogP contribution in [0.15, 0.2) is 0 Å². The van der Waals surface area contributed by atoms with Gasteiger partial charge in [0, 0.05) is 12.3 Å². The van der Waals surface area contributed by atoms with Crippen LogP contribution in [0.4, 0.5) is 0 Å². The van der Waals surface area contributed by atoms with Crippen LogP contribution < -0.4 is 5.32 Å². The van der Waals surface area contributed by atoms with Gasteiger partial charge in [0.1, 0.15) is 0 Å². The van der Waals surface area contributed by atoms with E-state index in [2.05, 4.69) is 5.32 Å². The second-order valence-corrected chi connectivity index (χ2v) is 7.19. The van der Waals surface area contributed by atoms with Crippen molar-refractivity contribution in [1.82, 2.24) is 5.32 Å². The van der Waals surface area contributed by atoms with E-state index in [0.29, 0.717) is 24.0 Å². The number of likely N-dealkylation sites (N-methyl/N-ethyl adjacent to an activating group) is 1. The predicted octanol–water partition coefficient (Wildman–Crippen LogP) is 0.503. The van der Waals surface area contributed by atoms with Crippen LogP contribution in [-0.2, 0) is 14.9 Å². The van der Waals surface area contributed by atoms with E-state index >= 15 is 0 Å². The van der Waals surface area contributed by atoms with E-state index in [9.17, 15) is 13.2 Å². The molecule has 114 valence electrons. The Hall–Kier alpha value is -0.660. The molecule has 0 saturated carbocycles. The summed E-state index contributed by atoms with van der Waals surface area (Å²) in [7, 11) is 0.0684. The van der Waals surface area contributed by atoms with Crippen LogP contribution in [0.1, 0.15) is 26.7 Å². The average Bonchev–Trinajstić information content (AvgIpc) is 2.25. The van der Waals surface area contributed by atoms with Crippen molar-refractivity contribution < 1.29 is 22.2 Å². The summed E-state index contributed by atoms with van der Waals surface area (Å²) >= 11 is 0. The molecular formula is C12H27N2O4S+. The van der Waals surface area contributed by atoms with Crippen LogP contribution >= 0.6 is 0 Å². The first-order chi connectivity index (χ1) is 8.57. The summed E-state index contributed by atoms with van der Waals surface area (Å²) in [5.41, 5.74) is 0. The van der Waals surface area contributed by atoms with Gasteiger partial charge in [-0.15, -0.1) is 0 Å². The van der Waals surface area contributed by atoms with Gasteiger partial charge < -0.3 is 9.80 Å². The van der Waals surface area contributed by atoms with Crippen molar-refractivity contribution in [3.05, 3.63) is 0 Å². The lowest BCUT2D eigenvalue weighted by Crippen LogP contribution is -2.46. The first-order valence-corrected chi connectivity index (χ1v) is 8.23. The molecule has 7 heteroatoms. The van der Waals surface area contributed by atoms with Crippen molar-refractivity contribution in [2.75, 3.05) is 39.5 Å². The molecule has 6 nitrogen and oxygen atoms in total. The second kappa shape index (κ2) is 7.81. The Kier molecular flexibility index (Phi) is 7.54. The fourth-order valence-electron chi connectivity index (χ4n) is 1.63. The van der Waals surface area contributed by atoms with Gasteiger partial charge >= 0.3 is 0 Å². The zero-order valence-electron chi connectivity index (χ0n) is 12.3. The van der Waals surface area contributed by atoms with Crippen LogP contribution in [0.5, 0.6) is 0 Å². The molecule has 0 aliphatic carbocycles. The highest BCUT2D eigenvalue weighted by Crippen LogP contribution is 2.02. The Morgan fingerprint density at radius 2 is 1.89 bits per heavy atom. The summed E-state index contributed by atoms with van der Waals surface area (Å²) in [6.07, 6.45) is 1.23. The first-order valence-electron chi connectivity index (χ1n) is 6.62. The van der Waals surface area contributed by atoms with Crippen LogP contribution in [0, 0.1) is 5.92 Å². The third kappa shape index (κ3) is 9.86. The van der Waals surface area contributed by atoms with Gasteiger partial charge in [0.05, 0.1) is 39.5 Å². The smallest absolute Gasteiger partial charge is 0.265 e. The fraction of sp³-hybridized carbons (Fsp3) is 0.917. The number of quaternary nitrogens is 1. The number of hydrogen-bond acceptors (Lipinski definition) is 3. The van der Waals surface area contributed by atoms with Gasteiger partial charge in [-0.1, -0.05) is 13.8 Å². The Balaban J connectivity index is 3.94. The van der Waals surface area contributed by atoms with Gasteiger partial charge in [-0.3, -0.25) is 9.35 Å². The third-order valence-corrected chi connectivity index (χ3v) is 4.05. The molecule has 1 amide bonds. The molecule has 2 N–H and O–H groups in total. The van der Waals surface area contributed by atoms with E-state index in [0.717, 1.165) is 13.0 Å². The van der Waals surface area contributed by atoms with Gasteiger partial charge in [-0.05, 0) is 6.42 Å². The normalized spacial score (nSPS) is 14.2. The molecule has 0 aromatic carbocycles. The Labute approximate surface area is 116 Å². The summed E-state index contributed by atoms with van der Waals surface area (Å²) in [4.78, 5) is 11.6. The third-order valence-electron chi connectivity index (χ3n) is 3.24. The topological polar surface area (TPSA) is 83.5 Å². The zero-order chi connectivity index (χ0) is 15.1. The number of nitrogens with zero attached hydrogens (tertiary/aromatic N) is 1. The molecule has 0 aromatic rings. The van der Waals surface area contributed by atoms with E-state index in [1.165, 1.54) is 0 Å². The van der Waals surface area contributed by atoms with Gasteiger partial charge in [0.15, 0.2) is 0 Å². The lowest BCUT2D eigenvalue weighted by Gasteiger charge is -2.29. The number of carbonyl (C=O) groups is 1. The first kappa shape index (κ1) is 18.3. The van der Waals surface area contributed by atoms with Gasteiger partial charge in [0.2, 0.25) is 5.91 Å². The molecule has 0 aromatic heterocycles. The van der Waals surface area contributed by atoms with E-state index in [1.807, 2.05) is 27.9 Å². The van der Waals surface area contributed by atoms with Gasteiger partial charge in [-0.25, -0.2) is 0 Å². The monoisotopic (exact) mass is 295 g/mol. The Morgan fingerprint density at radius 3 is 2.37 bits per heavy atom. The standard InChI is InChI=1S/C12H26N2O4S/c1-5-11(2)12(15)13-7-9-14(3,4)8-6-10-19(16,17)18/h11H,5-10H2,1-4H3,(H-,13,15,16,17,18)/p+1. The minimum atomic E-state index is -3.87. The largest absolute Gasteiger partial charge is 0.350 e. The van der Waals surface area contributed by atoms with Crippen molar-refractivity contribution >= 4 is 16.0 Å². The molecule has 0 bridgehead atoms. The summed E-state index contributed by atoms with van der Waals surface area (Å²) in [6.45, 7) is 5.80. The van der Waals surface area contributed by atoms with Crippen molar-refractivity contribution in [1.29, 1.82) is 0 Å². The lowest BCUT2D eigenvalue weighted by molar-refractivity contribution is -0.889. The van der Waals surface area contributed by atoms with Gasteiger partial charge in [-0.2, -0.15) is 8.42 Å². The molecule has 0 saturated heterocycles. The SMILES string of the molecule is CCC(C)C(=O)NCC[N+](C)(C)CCCS(=O)(=O)O. The highest BCUT2D eigenvalue weighted by atomic mass is 32.2. The Morgan fingerprint density at radius 1 is 1.32 bits per heavy atom. The molecule has 0 spiro atoms. The molecule has 1 unspecified atom stereocenters. The van der Waals surface area contributed by atoms with Gasteiger partial charge in [0.25, 0.3) is 10.1 Å². The number of amides is 1. The lowest BCUT2D eigenvalue weighted by atomic mass is 10.1. The number of carbonyl (C=O) groups excluding carboxylic acids is 1.